The molecule has 92 valence electrons. The lowest BCUT2D eigenvalue weighted by Gasteiger charge is -2.16. The fourth-order valence-corrected chi connectivity index (χ4v) is 2.73. The Bertz CT molecular complexity index is 576. The van der Waals surface area contributed by atoms with Crippen molar-refractivity contribution in [2.45, 2.75) is 32.9 Å². The van der Waals surface area contributed by atoms with Gasteiger partial charge in [-0.1, -0.05) is 0 Å². The van der Waals surface area contributed by atoms with E-state index in [1.807, 2.05) is 32.2 Å². The predicted molar refractivity (Wildman–Crippen MR) is 72.6 cm³/mol. The molecule has 0 aliphatic carbocycles. The minimum atomic E-state index is -0.280. The number of thiophene rings is 1. The fraction of sp³-hybridized carbons (Fsp3) is 0.455. The summed E-state index contributed by atoms with van der Waals surface area (Å²) in [5, 5.41) is 6.18. The average Bonchev–Trinajstić information content (AvgIpc) is 2.74. The number of aromatic nitrogens is 3. The summed E-state index contributed by atoms with van der Waals surface area (Å²) in [5.41, 5.74) is 0.759. The first kappa shape index (κ1) is 12.6. The maximum Gasteiger partial charge on any atom is 0.346 e. The Morgan fingerprint density at radius 3 is 2.65 bits per heavy atom. The third kappa shape index (κ3) is 2.69. The van der Waals surface area contributed by atoms with E-state index in [1.54, 1.807) is 22.2 Å². The lowest BCUT2D eigenvalue weighted by molar-refractivity contribution is 0.341. The number of halogens is 1. The van der Waals surface area contributed by atoms with Gasteiger partial charge in [-0.3, -0.25) is 4.57 Å². The van der Waals surface area contributed by atoms with Crippen LogP contribution in [0, 0.1) is 0 Å². The van der Waals surface area contributed by atoms with Crippen LogP contribution in [0.2, 0.25) is 0 Å². The minimum Gasteiger partial charge on any atom is -0.277 e. The molecule has 0 saturated carbocycles. The Kier molecular flexibility index (Phi) is 3.27. The van der Waals surface area contributed by atoms with Gasteiger partial charge in [0.1, 0.15) is 6.33 Å². The number of nitrogens with zero attached hydrogens (tertiary/aromatic N) is 3. The van der Waals surface area contributed by atoms with Crippen molar-refractivity contribution in [1.29, 1.82) is 0 Å². The van der Waals surface area contributed by atoms with Gasteiger partial charge in [0, 0.05) is 0 Å². The van der Waals surface area contributed by atoms with Crippen molar-refractivity contribution in [3.05, 3.63) is 37.6 Å². The average molecular weight is 316 g/mol. The van der Waals surface area contributed by atoms with Gasteiger partial charge in [0.2, 0.25) is 0 Å². The van der Waals surface area contributed by atoms with Gasteiger partial charge in [-0.2, -0.15) is 5.10 Å². The van der Waals surface area contributed by atoms with E-state index >= 15 is 0 Å². The molecule has 0 amide bonds. The number of rotatable bonds is 2. The van der Waals surface area contributed by atoms with Gasteiger partial charge in [0.15, 0.2) is 0 Å². The van der Waals surface area contributed by atoms with Gasteiger partial charge in [-0.05, 0) is 53.7 Å². The molecular weight excluding hydrogens is 302 g/mol. The molecule has 17 heavy (non-hydrogen) atoms. The van der Waals surface area contributed by atoms with Crippen LogP contribution >= 0.6 is 27.3 Å². The zero-order valence-corrected chi connectivity index (χ0v) is 12.4. The number of hydrogen-bond donors (Lipinski definition) is 0. The molecule has 0 aliphatic rings. The van der Waals surface area contributed by atoms with Crippen LogP contribution in [0.5, 0.6) is 0 Å². The molecule has 0 aromatic carbocycles. The summed E-state index contributed by atoms with van der Waals surface area (Å²) in [6.07, 6.45) is 1.60. The molecule has 2 heterocycles. The van der Waals surface area contributed by atoms with Crippen molar-refractivity contribution in [2.24, 2.45) is 0 Å². The highest BCUT2D eigenvalue weighted by molar-refractivity contribution is 9.11. The van der Waals surface area contributed by atoms with Crippen LogP contribution in [0.1, 0.15) is 26.3 Å². The molecule has 0 saturated heterocycles. The van der Waals surface area contributed by atoms with Crippen LogP contribution in [-0.4, -0.2) is 14.3 Å². The van der Waals surface area contributed by atoms with Gasteiger partial charge < -0.3 is 0 Å². The lowest BCUT2D eigenvalue weighted by Crippen LogP contribution is -2.35. The molecule has 0 atom stereocenters. The summed E-state index contributed by atoms with van der Waals surface area (Å²) in [4.78, 5) is 12.1. The Balaban J connectivity index is 2.30. The van der Waals surface area contributed by atoms with E-state index in [-0.39, 0.29) is 11.2 Å². The predicted octanol–water partition coefficient (Wildman–Crippen LogP) is 2.67. The molecule has 2 aromatic rings. The molecule has 2 rings (SSSR count). The Morgan fingerprint density at radius 2 is 2.18 bits per heavy atom. The number of hydrogen-bond acceptors (Lipinski definition) is 3. The quantitative estimate of drug-likeness (QED) is 0.854. The first-order chi connectivity index (χ1) is 7.88. The van der Waals surface area contributed by atoms with E-state index in [4.69, 9.17) is 0 Å². The smallest absolute Gasteiger partial charge is 0.277 e. The summed E-state index contributed by atoms with van der Waals surface area (Å²) in [5.74, 6) is 0. The second-order valence-electron chi connectivity index (χ2n) is 4.88. The second kappa shape index (κ2) is 4.42. The Labute approximate surface area is 112 Å². The van der Waals surface area contributed by atoms with E-state index in [9.17, 15) is 4.79 Å². The van der Waals surface area contributed by atoms with Gasteiger partial charge in [0.25, 0.3) is 0 Å². The maximum atomic E-state index is 12.1. The van der Waals surface area contributed by atoms with E-state index < -0.39 is 0 Å². The van der Waals surface area contributed by atoms with Crippen LogP contribution in [0.15, 0.2) is 26.4 Å². The van der Waals surface area contributed by atoms with Crippen LogP contribution in [0.4, 0.5) is 0 Å². The molecule has 0 radical (unpaired) electrons. The summed E-state index contributed by atoms with van der Waals surface area (Å²) in [6.45, 7) is 6.46. The molecule has 0 N–H and O–H groups in total. The highest BCUT2D eigenvalue weighted by atomic mass is 79.9. The third-order valence-corrected chi connectivity index (χ3v) is 3.90. The zero-order chi connectivity index (χ0) is 12.6. The topological polar surface area (TPSA) is 39.8 Å². The molecule has 4 nitrogen and oxygen atoms in total. The van der Waals surface area contributed by atoms with E-state index in [2.05, 4.69) is 21.0 Å². The zero-order valence-electron chi connectivity index (χ0n) is 9.98. The molecule has 6 heteroatoms. The summed E-state index contributed by atoms with van der Waals surface area (Å²) in [6, 6.07) is 2.02. The summed E-state index contributed by atoms with van der Waals surface area (Å²) < 4.78 is 4.21. The van der Waals surface area contributed by atoms with E-state index in [1.165, 1.54) is 4.68 Å². The highest BCUT2D eigenvalue weighted by Crippen LogP contribution is 2.21. The standard InChI is InChI=1S/C11H14BrN3OS/c1-11(2,3)15-10(16)14(7-13-15)5-8-4-9(12)17-6-8/h4,6-7H,5H2,1-3H3. The molecule has 0 bridgehead atoms. The monoisotopic (exact) mass is 315 g/mol. The molecule has 0 aliphatic heterocycles. The second-order valence-corrected chi connectivity index (χ2v) is 7.17. The highest BCUT2D eigenvalue weighted by Gasteiger charge is 2.18. The lowest BCUT2D eigenvalue weighted by atomic mass is 10.1. The third-order valence-electron chi connectivity index (χ3n) is 2.34. The molecular formula is C11H14BrN3OS. The Hall–Kier alpha value is -0.880. The van der Waals surface area contributed by atoms with Crippen molar-refractivity contribution >= 4 is 27.3 Å². The van der Waals surface area contributed by atoms with Crippen molar-refractivity contribution in [3.8, 4) is 0 Å². The van der Waals surface area contributed by atoms with Gasteiger partial charge in [-0.25, -0.2) is 9.48 Å². The van der Waals surface area contributed by atoms with Crippen LogP contribution in [0.25, 0.3) is 0 Å². The van der Waals surface area contributed by atoms with Gasteiger partial charge >= 0.3 is 5.69 Å². The fourth-order valence-electron chi connectivity index (χ4n) is 1.53. The van der Waals surface area contributed by atoms with Crippen LogP contribution < -0.4 is 5.69 Å². The van der Waals surface area contributed by atoms with Crippen molar-refractivity contribution in [1.82, 2.24) is 14.3 Å². The van der Waals surface area contributed by atoms with Crippen molar-refractivity contribution < 1.29 is 0 Å². The van der Waals surface area contributed by atoms with Crippen LogP contribution in [0.3, 0.4) is 0 Å². The normalized spacial score (nSPS) is 12.0. The van der Waals surface area contributed by atoms with Crippen LogP contribution in [-0.2, 0) is 12.1 Å². The van der Waals surface area contributed by atoms with Gasteiger partial charge in [0.05, 0.1) is 15.9 Å². The first-order valence-corrected chi connectivity index (χ1v) is 6.93. The minimum absolute atomic E-state index is 0.0696. The first-order valence-electron chi connectivity index (χ1n) is 5.26. The van der Waals surface area contributed by atoms with E-state index in [0.717, 1.165) is 9.35 Å². The van der Waals surface area contributed by atoms with E-state index in [0.29, 0.717) is 6.54 Å². The Morgan fingerprint density at radius 1 is 1.47 bits per heavy atom. The van der Waals surface area contributed by atoms with Crippen molar-refractivity contribution in [3.63, 3.8) is 0 Å². The largest absolute Gasteiger partial charge is 0.346 e. The molecule has 2 aromatic heterocycles. The summed E-state index contributed by atoms with van der Waals surface area (Å²) >= 11 is 5.03. The molecule has 0 spiro atoms. The van der Waals surface area contributed by atoms with Gasteiger partial charge in [-0.15, -0.1) is 11.3 Å². The van der Waals surface area contributed by atoms with Crippen molar-refractivity contribution in [2.75, 3.05) is 0 Å². The summed E-state index contributed by atoms with van der Waals surface area (Å²) in [7, 11) is 0. The maximum absolute atomic E-state index is 12.1. The molecule has 0 fully saturated rings. The molecule has 0 unspecified atom stereocenters. The SMILES string of the molecule is CC(C)(C)n1ncn(Cc2csc(Br)c2)c1=O.